The van der Waals surface area contributed by atoms with Crippen LogP contribution in [-0.2, 0) is 0 Å². The van der Waals surface area contributed by atoms with E-state index in [9.17, 15) is 0 Å². The monoisotopic (exact) mass is 266 g/mol. The minimum absolute atomic E-state index is 0.000464. The summed E-state index contributed by atoms with van der Waals surface area (Å²) in [5.74, 6) is 0.854. The molecule has 0 bridgehead atoms. The zero-order valence-electron chi connectivity index (χ0n) is 13.0. The normalized spacial score (nSPS) is 19.8. The summed E-state index contributed by atoms with van der Waals surface area (Å²) in [5.41, 5.74) is 0. The third-order valence-electron chi connectivity index (χ3n) is 3.75. The third-order valence-corrected chi connectivity index (χ3v) is 3.75. The van der Waals surface area contributed by atoms with E-state index in [0.717, 1.165) is 18.9 Å². The Kier molecular flexibility index (Phi) is 7.37. The molecule has 1 rings (SSSR count). The molecule has 0 saturated carbocycles. The predicted molar refractivity (Wildman–Crippen MR) is 80.0 cm³/mol. The highest BCUT2D eigenvalue weighted by Gasteiger charge is 2.20. The quantitative estimate of drug-likeness (QED) is 0.759. The van der Waals surface area contributed by atoms with Crippen LogP contribution in [0.15, 0.2) is 0 Å². The zero-order chi connectivity index (χ0) is 14.3. The summed E-state index contributed by atoms with van der Waals surface area (Å²) in [5, 5.41) is 12.4. The summed E-state index contributed by atoms with van der Waals surface area (Å²) < 4.78 is 0. The number of nitriles is 1. The van der Waals surface area contributed by atoms with Crippen molar-refractivity contribution in [3.8, 4) is 6.07 Å². The standard InChI is InChI=1S/C15H30N4/c1-13(2)17-15(11-16)7-10-19-8-5-14(6-9-19)12-18(3)4/h13-15,17H,5-10,12H2,1-4H3. The maximum atomic E-state index is 9.11. The molecule has 0 spiro atoms. The van der Waals surface area contributed by atoms with Crippen molar-refractivity contribution in [2.24, 2.45) is 5.92 Å². The van der Waals surface area contributed by atoms with Crippen molar-refractivity contribution in [1.29, 1.82) is 5.26 Å². The van der Waals surface area contributed by atoms with E-state index in [0.29, 0.717) is 6.04 Å². The van der Waals surface area contributed by atoms with E-state index in [1.165, 1.54) is 32.5 Å². The Morgan fingerprint density at radius 2 is 1.95 bits per heavy atom. The average Bonchev–Trinajstić information content (AvgIpc) is 2.35. The fraction of sp³-hybridized carbons (Fsp3) is 0.933. The average molecular weight is 266 g/mol. The largest absolute Gasteiger partial charge is 0.309 e. The van der Waals surface area contributed by atoms with Crippen molar-refractivity contribution >= 4 is 0 Å². The van der Waals surface area contributed by atoms with Crippen LogP contribution in [0.1, 0.15) is 33.1 Å². The van der Waals surface area contributed by atoms with E-state index >= 15 is 0 Å². The maximum absolute atomic E-state index is 9.11. The van der Waals surface area contributed by atoms with Crippen LogP contribution in [0, 0.1) is 17.2 Å². The highest BCUT2D eigenvalue weighted by atomic mass is 15.1. The van der Waals surface area contributed by atoms with Gasteiger partial charge in [0.05, 0.1) is 12.1 Å². The number of hydrogen-bond acceptors (Lipinski definition) is 4. The van der Waals surface area contributed by atoms with Crippen molar-refractivity contribution in [1.82, 2.24) is 15.1 Å². The van der Waals surface area contributed by atoms with Gasteiger partial charge in [-0.2, -0.15) is 5.26 Å². The summed E-state index contributed by atoms with van der Waals surface area (Å²) in [7, 11) is 4.31. The molecule has 0 aliphatic carbocycles. The first-order valence-electron chi connectivity index (χ1n) is 7.54. The molecule has 1 saturated heterocycles. The van der Waals surface area contributed by atoms with Gasteiger partial charge in [-0.05, 0) is 66.2 Å². The minimum Gasteiger partial charge on any atom is -0.309 e. The maximum Gasteiger partial charge on any atom is 0.0967 e. The second-order valence-corrected chi connectivity index (χ2v) is 6.34. The van der Waals surface area contributed by atoms with Gasteiger partial charge >= 0.3 is 0 Å². The Hall–Kier alpha value is -0.630. The van der Waals surface area contributed by atoms with E-state index in [-0.39, 0.29) is 6.04 Å². The zero-order valence-corrected chi connectivity index (χ0v) is 13.0. The van der Waals surface area contributed by atoms with E-state index < -0.39 is 0 Å². The van der Waals surface area contributed by atoms with Gasteiger partial charge in [-0.3, -0.25) is 5.32 Å². The van der Waals surface area contributed by atoms with Crippen LogP contribution >= 0.6 is 0 Å². The molecule has 1 unspecified atom stereocenters. The topological polar surface area (TPSA) is 42.3 Å². The van der Waals surface area contributed by atoms with E-state index in [1.54, 1.807) is 0 Å². The summed E-state index contributed by atoms with van der Waals surface area (Å²) >= 11 is 0. The van der Waals surface area contributed by atoms with Gasteiger partial charge in [-0.25, -0.2) is 0 Å². The molecule has 0 aromatic carbocycles. The van der Waals surface area contributed by atoms with Crippen molar-refractivity contribution in [3.05, 3.63) is 0 Å². The van der Waals surface area contributed by atoms with Crippen molar-refractivity contribution in [3.63, 3.8) is 0 Å². The number of nitrogens with zero attached hydrogens (tertiary/aromatic N) is 3. The summed E-state index contributed by atoms with van der Waals surface area (Å²) in [6.07, 6.45) is 3.53. The molecule has 4 nitrogen and oxygen atoms in total. The van der Waals surface area contributed by atoms with Crippen molar-refractivity contribution in [2.45, 2.75) is 45.2 Å². The first kappa shape index (κ1) is 16.4. The fourth-order valence-electron chi connectivity index (χ4n) is 2.81. The molecule has 1 atom stereocenters. The number of nitrogens with one attached hydrogen (secondary N) is 1. The van der Waals surface area contributed by atoms with E-state index in [1.807, 2.05) is 0 Å². The van der Waals surface area contributed by atoms with Crippen molar-refractivity contribution < 1.29 is 0 Å². The molecular weight excluding hydrogens is 236 g/mol. The Morgan fingerprint density at radius 1 is 1.32 bits per heavy atom. The lowest BCUT2D eigenvalue weighted by molar-refractivity contribution is 0.159. The number of likely N-dealkylation sites (tertiary alicyclic amines) is 1. The molecule has 19 heavy (non-hydrogen) atoms. The summed E-state index contributed by atoms with van der Waals surface area (Å²) in [4.78, 5) is 4.80. The predicted octanol–water partition coefficient (Wildman–Crippen LogP) is 1.54. The summed E-state index contributed by atoms with van der Waals surface area (Å²) in [6.45, 7) is 8.83. The van der Waals surface area contributed by atoms with Gasteiger partial charge < -0.3 is 9.80 Å². The van der Waals surface area contributed by atoms with Gasteiger partial charge in [0, 0.05) is 19.1 Å². The lowest BCUT2D eigenvalue weighted by atomic mass is 9.96. The molecule has 110 valence electrons. The van der Waals surface area contributed by atoms with Crippen LogP contribution in [0.25, 0.3) is 0 Å². The van der Waals surface area contributed by atoms with Crippen LogP contribution in [0.4, 0.5) is 0 Å². The number of rotatable bonds is 7. The Morgan fingerprint density at radius 3 is 2.42 bits per heavy atom. The van der Waals surface area contributed by atoms with Gasteiger partial charge in [0.15, 0.2) is 0 Å². The Bertz CT molecular complexity index is 274. The van der Waals surface area contributed by atoms with Gasteiger partial charge in [0.2, 0.25) is 0 Å². The molecule has 0 amide bonds. The van der Waals surface area contributed by atoms with Gasteiger partial charge in [-0.15, -0.1) is 0 Å². The van der Waals surface area contributed by atoms with E-state index in [4.69, 9.17) is 5.26 Å². The second-order valence-electron chi connectivity index (χ2n) is 6.34. The molecule has 4 heteroatoms. The second kappa shape index (κ2) is 8.52. The number of piperidine rings is 1. The molecule has 1 heterocycles. The molecular formula is C15H30N4. The molecule has 0 aromatic rings. The highest BCUT2D eigenvalue weighted by molar-refractivity contribution is 4.91. The third kappa shape index (κ3) is 6.91. The van der Waals surface area contributed by atoms with Crippen molar-refractivity contribution in [2.75, 3.05) is 40.3 Å². The van der Waals surface area contributed by atoms with Crippen LogP contribution in [0.3, 0.4) is 0 Å². The minimum atomic E-state index is -0.000464. The first-order chi connectivity index (χ1) is 9.01. The molecule has 1 aliphatic heterocycles. The SMILES string of the molecule is CC(C)NC(C#N)CCN1CCC(CN(C)C)CC1. The van der Waals surface area contributed by atoms with Crippen LogP contribution < -0.4 is 5.32 Å². The van der Waals surface area contributed by atoms with Gasteiger partial charge in [-0.1, -0.05) is 0 Å². The van der Waals surface area contributed by atoms with Crippen LogP contribution in [-0.4, -0.2) is 62.2 Å². The lowest BCUT2D eigenvalue weighted by Crippen LogP contribution is -2.41. The molecule has 1 N–H and O–H groups in total. The fourth-order valence-corrected chi connectivity index (χ4v) is 2.81. The smallest absolute Gasteiger partial charge is 0.0967 e. The Balaban J connectivity index is 2.20. The first-order valence-corrected chi connectivity index (χ1v) is 7.54. The van der Waals surface area contributed by atoms with Gasteiger partial charge in [0.25, 0.3) is 0 Å². The molecule has 0 radical (unpaired) electrons. The van der Waals surface area contributed by atoms with Crippen LogP contribution in [0.2, 0.25) is 0 Å². The molecule has 1 aliphatic rings. The van der Waals surface area contributed by atoms with Crippen LogP contribution in [0.5, 0.6) is 0 Å². The highest BCUT2D eigenvalue weighted by Crippen LogP contribution is 2.17. The number of hydrogen-bond donors (Lipinski definition) is 1. The Labute approximate surface area is 118 Å². The molecule has 1 fully saturated rings. The molecule has 0 aromatic heterocycles. The van der Waals surface area contributed by atoms with Gasteiger partial charge in [0.1, 0.15) is 0 Å². The lowest BCUT2D eigenvalue weighted by Gasteiger charge is -2.33. The summed E-state index contributed by atoms with van der Waals surface area (Å²) in [6, 6.07) is 2.75. The van der Waals surface area contributed by atoms with E-state index in [2.05, 4.69) is 49.1 Å².